The fourth-order valence-corrected chi connectivity index (χ4v) is 2.33. The number of nitrogens with one attached hydrogen (secondary N) is 2. The Bertz CT molecular complexity index is 404. The molecule has 0 bridgehead atoms. The Morgan fingerprint density at radius 1 is 1.53 bits per heavy atom. The molecule has 0 fully saturated rings. The average Bonchev–Trinajstić information content (AvgIpc) is 2.75. The van der Waals surface area contributed by atoms with Crippen molar-refractivity contribution in [1.29, 1.82) is 0 Å². The molecule has 0 atom stereocenters. The first kappa shape index (κ1) is 15.9. The SMILES string of the molecule is CCCc1csc(NC(=O)NCC(C)(C)CCO)n1. The molecule has 0 aliphatic heterocycles. The second-order valence-corrected chi connectivity index (χ2v) is 6.20. The molecule has 1 rings (SSSR count). The summed E-state index contributed by atoms with van der Waals surface area (Å²) in [5.41, 5.74) is 0.908. The van der Waals surface area contributed by atoms with E-state index in [9.17, 15) is 4.79 Å². The fraction of sp³-hybridized carbons (Fsp3) is 0.692. The molecule has 6 heteroatoms. The fourth-order valence-electron chi connectivity index (χ4n) is 1.59. The summed E-state index contributed by atoms with van der Waals surface area (Å²) < 4.78 is 0. The molecule has 2 amide bonds. The van der Waals surface area contributed by atoms with Crippen molar-refractivity contribution in [3.63, 3.8) is 0 Å². The van der Waals surface area contributed by atoms with E-state index in [1.54, 1.807) is 0 Å². The predicted octanol–water partition coefficient (Wildman–Crippen LogP) is 2.63. The molecule has 0 spiro atoms. The second-order valence-electron chi connectivity index (χ2n) is 5.34. The number of amides is 2. The minimum Gasteiger partial charge on any atom is -0.396 e. The summed E-state index contributed by atoms with van der Waals surface area (Å²) in [6.07, 6.45) is 2.64. The number of urea groups is 1. The number of aromatic nitrogens is 1. The van der Waals surface area contributed by atoms with Crippen molar-refractivity contribution < 1.29 is 9.90 Å². The van der Waals surface area contributed by atoms with Crippen LogP contribution in [0, 0.1) is 5.41 Å². The zero-order valence-corrected chi connectivity index (χ0v) is 12.6. The normalized spacial score (nSPS) is 11.4. The van der Waals surface area contributed by atoms with Gasteiger partial charge in [0.1, 0.15) is 0 Å². The number of rotatable bonds is 7. The molecule has 108 valence electrons. The molecule has 0 aromatic carbocycles. The van der Waals surface area contributed by atoms with Crippen LogP contribution in [0.1, 0.15) is 39.3 Å². The summed E-state index contributed by atoms with van der Waals surface area (Å²) in [7, 11) is 0. The van der Waals surface area contributed by atoms with Crippen LogP contribution in [-0.4, -0.2) is 29.3 Å². The van der Waals surface area contributed by atoms with Crippen LogP contribution in [0.2, 0.25) is 0 Å². The van der Waals surface area contributed by atoms with Gasteiger partial charge in [-0.1, -0.05) is 27.2 Å². The van der Waals surface area contributed by atoms with Crippen LogP contribution in [0.15, 0.2) is 5.38 Å². The van der Waals surface area contributed by atoms with Gasteiger partial charge >= 0.3 is 6.03 Å². The lowest BCUT2D eigenvalue weighted by atomic mass is 9.90. The Hall–Kier alpha value is -1.14. The molecule has 1 aromatic rings. The molecule has 3 N–H and O–H groups in total. The number of hydrogen-bond donors (Lipinski definition) is 3. The molecule has 0 radical (unpaired) electrons. The van der Waals surface area contributed by atoms with E-state index in [-0.39, 0.29) is 18.1 Å². The third-order valence-corrected chi connectivity index (χ3v) is 3.60. The monoisotopic (exact) mass is 285 g/mol. The van der Waals surface area contributed by atoms with E-state index in [0.717, 1.165) is 18.5 Å². The predicted molar refractivity (Wildman–Crippen MR) is 78.6 cm³/mol. The van der Waals surface area contributed by atoms with Gasteiger partial charge in [0.15, 0.2) is 5.13 Å². The van der Waals surface area contributed by atoms with Crippen LogP contribution in [-0.2, 0) is 6.42 Å². The maximum atomic E-state index is 11.7. The first-order chi connectivity index (χ1) is 8.96. The van der Waals surface area contributed by atoms with Gasteiger partial charge in [0.05, 0.1) is 5.69 Å². The van der Waals surface area contributed by atoms with E-state index in [1.165, 1.54) is 11.3 Å². The molecule has 0 unspecified atom stereocenters. The lowest BCUT2D eigenvalue weighted by Crippen LogP contribution is -2.37. The van der Waals surface area contributed by atoms with Crippen LogP contribution in [0.3, 0.4) is 0 Å². The molecule has 0 aliphatic rings. The summed E-state index contributed by atoms with van der Waals surface area (Å²) in [5, 5.41) is 17.0. The van der Waals surface area contributed by atoms with Gasteiger partial charge in [0.2, 0.25) is 0 Å². The van der Waals surface area contributed by atoms with Gasteiger partial charge in [-0.15, -0.1) is 11.3 Å². The number of thiazole rings is 1. The molecular weight excluding hydrogens is 262 g/mol. The lowest BCUT2D eigenvalue weighted by Gasteiger charge is -2.23. The van der Waals surface area contributed by atoms with Gasteiger partial charge in [-0.25, -0.2) is 9.78 Å². The van der Waals surface area contributed by atoms with Crippen molar-refractivity contribution in [2.75, 3.05) is 18.5 Å². The molecule has 1 aromatic heterocycles. The number of aryl methyl sites for hydroxylation is 1. The summed E-state index contributed by atoms with van der Waals surface area (Å²) in [4.78, 5) is 16.0. The van der Waals surface area contributed by atoms with Crippen molar-refractivity contribution in [3.8, 4) is 0 Å². The second kappa shape index (κ2) is 7.45. The molecule has 19 heavy (non-hydrogen) atoms. The van der Waals surface area contributed by atoms with Gasteiger partial charge in [-0.05, 0) is 18.3 Å². The van der Waals surface area contributed by atoms with Crippen LogP contribution in [0.25, 0.3) is 0 Å². The zero-order valence-electron chi connectivity index (χ0n) is 11.8. The number of hydrogen-bond acceptors (Lipinski definition) is 4. The minimum absolute atomic E-state index is 0.109. The Morgan fingerprint density at radius 2 is 2.26 bits per heavy atom. The highest BCUT2D eigenvalue weighted by atomic mass is 32.1. The number of nitrogens with zero attached hydrogens (tertiary/aromatic N) is 1. The Morgan fingerprint density at radius 3 is 2.89 bits per heavy atom. The van der Waals surface area contributed by atoms with Gasteiger partial charge in [-0.2, -0.15) is 0 Å². The zero-order chi connectivity index (χ0) is 14.3. The van der Waals surface area contributed by atoms with Crippen molar-refractivity contribution >= 4 is 22.5 Å². The third kappa shape index (κ3) is 6.02. The van der Waals surface area contributed by atoms with Crippen molar-refractivity contribution in [2.24, 2.45) is 5.41 Å². The van der Waals surface area contributed by atoms with E-state index >= 15 is 0 Å². The summed E-state index contributed by atoms with van der Waals surface area (Å²) in [5.74, 6) is 0. The highest BCUT2D eigenvalue weighted by Gasteiger charge is 2.18. The van der Waals surface area contributed by atoms with E-state index in [0.29, 0.717) is 18.1 Å². The summed E-state index contributed by atoms with van der Waals surface area (Å²) >= 11 is 1.44. The minimum atomic E-state index is -0.247. The van der Waals surface area contributed by atoms with E-state index in [1.807, 2.05) is 19.2 Å². The standard InChI is InChI=1S/C13H23N3O2S/c1-4-5-10-8-19-12(15-10)16-11(18)14-9-13(2,3)6-7-17/h8,17H,4-7,9H2,1-3H3,(H2,14,15,16,18). The Kier molecular flexibility index (Phi) is 6.24. The van der Waals surface area contributed by atoms with Crippen LogP contribution in [0.5, 0.6) is 0 Å². The first-order valence-corrected chi connectivity index (χ1v) is 7.45. The van der Waals surface area contributed by atoms with E-state index < -0.39 is 0 Å². The molecule has 5 nitrogen and oxygen atoms in total. The number of carbonyl (C=O) groups excluding carboxylic acids is 1. The number of anilines is 1. The number of carbonyl (C=O) groups is 1. The molecule has 0 aliphatic carbocycles. The maximum absolute atomic E-state index is 11.7. The highest BCUT2D eigenvalue weighted by molar-refractivity contribution is 7.13. The lowest BCUT2D eigenvalue weighted by molar-refractivity contribution is 0.204. The summed E-state index contributed by atoms with van der Waals surface area (Å²) in [6, 6.07) is -0.247. The molecule has 1 heterocycles. The van der Waals surface area contributed by atoms with E-state index in [4.69, 9.17) is 5.11 Å². The largest absolute Gasteiger partial charge is 0.396 e. The molecule has 0 saturated carbocycles. The topological polar surface area (TPSA) is 74.2 Å². The van der Waals surface area contributed by atoms with Gasteiger partial charge < -0.3 is 10.4 Å². The van der Waals surface area contributed by atoms with Gasteiger partial charge in [0, 0.05) is 18.5 Å². The number of aliphatic hydroxyl groups excluding tert-OH is 1. The van der Waals surface area contributed by atoms with Crippen LogP contribution < -0.4 is 10.6 Å². The van der Waals surface area contributed by atoms with Crippen molar-refractivity contribution in [1.82, 2.24) is 10.3 Å². The molecular formula is C13H23N3O2S. The first-order valence-electron chi connectivity index (χ1n) is 6.57. The third-order valence-electron chi connectivity index (χ3n) is 2.79. The maximum Gasteiger partial charge on any atom is 0.321 e. The Balaban J connectivity index is 2.38. The van der Waals surface area contributed by atoms with Crippen molar-refractivity contribution in [3.05, 3.63) is 11.1 Å². The average molecular weight is 285 g/mol. The quantitative estimate of drug-likeness (QED) is 0.721. The Labute approximate surface area is 118 Å². The van der Waals surface area contributed by atoms with Crippen LogP contribution >= 0.6 is 11.3 Å². The summed E-state index contributed by atoms with van der Waals surface area (Å²) in [6.45, 7) is 6.76. The highest BCUT2D eigenvalue weighted by Crippen LogP contribution is 2.19. The molecule has 0 saturated heterocycles. The van der Waals surface area contributed by atoms with Crippen molar-refractivity contribution in [2.45, 2.75) is 40.0 Å². The smallest absolute Gasteiger partial charge is 0.321 e. The van der Waals surface area contributed by atoms with E-state index in [2.05, 4.69) is 22.5 Å². The van der Waals surface area contributed by atoms with Crippen LogP contribution in [0.4, 0.5) is 9.93 Å². The van der Waals surface area contributed by atoms with Gasteiger partial charge in [0.25, 0.3) is 0 Å². The number of aliphatic hydroxyl groups is 1. The van der Waals surface area contributed by atoms with Gasteiger partial charge in [-0.3, -0.25) is 5.32 Å².